The lowest BCUT2D eigenvalue weighted by Crippen LogP contribution is -2.52. The molecule has 1 N–H and O–H groups in total. The number of hydrogen-bond acceptors (Lipinski definition) is 3. The Morgan fingerprint density at radius 3 is 3.05 bits per heavy atom. The van der Waals surface area contributed by atoms with Gasteiger partial charge in [-0.25, -0.2) is 0 Å². The SMILES string of the molecule is C/C=C1\CN2CC[C@]34C(=C(C=O)[C@H]1C[C@H]23)Nc1ccccc14. The van der Waals surface area contributed by atoms with Crippen molar-refractivity contribution in [3.63, 3.8) is 0 Å². The summed E-state index contributed by atoms with van der Waals surface area (Å²) in [6, 6.07) is 9.16. The highest BCUT2D eigenvalue weighted by Gasteiger charge is 2.60. The molecule has 112 valence electrons. The van der Waals surface area contributed by atoms with Crippen LogP contribution in [0.3, 0.4) is 0 Å². The summed E-state index contributed by atoms with van der Waals surface area (Å²) in [5, 5.41) is 3.62. The first-order valence-corrected chi connectivity index (χ1v) is 8.25. The zero-order valence-corrected chi connectivity index (χ0v) is 12.8. The Bertz CT molecular complexity index is 748. The number of nitrogens with zero attached hydrogens (tertiary/aromatic N) is 1. The van der Waals surface area contributed by atoms with Crippen LogP contribution >= 0.6 is 0 Å². The highest BCUT2D eigenvalue weighted by atomic mass is 16.1. The third kappa shape index (κ3) is 1.25. The minimum atomic E-state index is 0.0304. The number of nitrogens with one attached hydrogen (secondary N) is 1. The zero-order valence-electron chi connectivity index (χ0n) is 12.8. The molecule has 3 heterocycles. The molecule has 1 aliphatic carbocycles. The maximum Gasteiger partial charge on any atom is 0.148 e. The molecule has 1 aromatic carbocycles. The molecule has 0 radical (unpaired) electrons. The number of carbonyl (C=O) groups is 1. The molecule has 3 atom stereocenters. The fourth-order valence-electron chi connectivity index (χ4n) is 5.44. The fourth-order valence-corrected chi connectivity index (χ4v) is 5.44. The van der Waals surface area contributed by atoms with Gasteiger partial charge in [0.25, 0.3) is 0 Å². The van der Waals surface area contributed by atoms with Crippen molar-refractivity contribution in [2.24, 2.45) is 5.92 Å². The molecule has 1 aromatic rings. The first-order valence-electron chi connectivity index (χ1n) is 8.25. The Kier molecular flexibility index (Phi) is 2.36. The Balaban J connectivity index is 1.83. The summed E-state index contributed by atoms with van der Waals surface area (Å²) in [4.78, 5) is 14.6. The Hall–Kier alpha value is -1.87. The number of hydrogen-bond donors (Lipinski definition) is 1. The van der Waals surface area contributed by atoms with Crippen LogP contribution in [0.15, 0.2) is 47.2 Å². The molecule has 3 aliphatic heterocycles. The van der Waals surface area contributed by atoms with E-state index in [-0.39, 0.29) is 5.41 Å². The molecular formula is C19H20N2O. The van der Waals surface area contributed by atoms with Gasteiger partial charge in [-0.1, -0.05) is 29.8 Å². The van der Waals surface area contributed by atoms with Crippen LogP contribution in [0.25, 0.3) is 0 Å². The van der Waals surface area contributed by atoms with Gasteiger partial charge in [0.1, 0.15) is 6.29 Å². The summed E-state index contributed by atoms with van der Waals surface area (Å²) in [6.07, 6.45) is 5.55. The second-order valence-electron chi connectivity index (χ2n) is 6.98. The minimum absolute atomic E-state index is 0.0304. The number of allylic oxidation sites excluding steroid dienone is 2. The van der Waals surface area contributed by atoms with E-state index in [1.807, 2.05) is 0 Å². The van der Waals surface area contributed by atoms with Gasteiger partial charge < -0.3 is 5.32 Å². The number of carbonyl (C=O) groups excluding carboxylic acids is 1. The molecule has 0 saturated carbocycles. The maximum atomic E-state index is 11.9. The van der Waals surface area contributed by atoms with E-state index < -0.39 is 0 Å². The molecule has 0 amide bonds. The second kappa shape index (κ2) is 4.11. The van der Waals surface area contributed by atoms with E-state index in [1.165, 1.54) is 22.5 Å². The first-order chi connectivity index (χ1) is 10.8. The van der Waals surface area contributed by atoms with E-state index >= 15 is 0 Å². The molecule has 2 bridgehead atoms. The number of rotatable bonds is 1. The number of fused-ring (bicyclic) bond motifs is 2. The summed E-state index contributed by atoms with van der Waals surface area (Å²) in [5.74, 6) is 0.312. The molecule has 4 aliphatic rings. The molecule has 2 saturated heterocycles. The molecule has 22 heavy (non-hydrogen) atoms. The van der Waals surface area contributed by atoms with Gasteiger partial charge in [-0.15, -0.1) is 0 Å². The average molecular weight is 292 g/mol. The van der Waals surface area contributed by atoms with Crippen molar-refractivity contribution in [1.29, 1.82) is 0 Å². The number of aldehydes is 1. The third-order valence-corrected chi connectivity index (χ3v) is 6.37. The molecular weight excluding hydrogens is 272 g/mol. The summed E-state index contributed by atoms with van der Waals surface area (Å²) in [7, 11) is 0. The summed E-state index contributed by atoms with van der Waals surface area (Å²) in [6.45, 7) is 4.26. The highest BCUT2D eigenvalue weighted by Crippen LogP contribution is 2.60. The van der Waals surface area contributed by atoms with Gasteiger partial charge in [0.15, 0.2) is 0 Å². The van der Waals surface area contributed by atoms with Gasteiger partial charge in [0.05, 0.1) is 5.41 Å². The normalized spacial score (nSPS) is 37.0. The van der Waals surface area contributed by atoms with Gasteiger partial charge >= 0.3 is 0 Å². The Morgan fingerprint density at radius 1 is 1.36 bits per heavy atom. The van der Waals surface area contributed by atoms with Crippen molar-refractivity contribution in [3.05, 3.63) is 52.7 Å². The lowest BCUT2D eigenvalue weighted by Gasteiger charge is -2.48. The number of anilines is 1. The van der Waals surface area contributed by atoms with Crippen LogP contribution in [0.5, 0.6) is 0 Å². The van der Waals surface area contributed by atoms with Crippen molar-refractivity contribution < 1.29 is 4.79 Å². The second-order valence-corrected chi connectivity index (χ2v) is 6.98. The third-order valence-electron chi connectivity index (χ3n) is 6.37. The van der Waals surface area contributed by atoms with Crippen LogP contribution in [-0.2, 0) is 10.2 Å². The van der Waals surface area contributed by atoms with E-state index in [0.29, 0.717) is 12.0 Å². The van der Waals surface area contributed by atoms with Crippen LogP contribution in [0.1, 0.15) is 25.3 Å². The lowest BCUT2D eigenvalue weighted by atomic mass is 9.62. The van der Waals surface area contributed by atoms with Gasteiger partial charge in [-0.05, 0) is 31.4 Å². The largest absolute Gasteiger partial charge is 0.358 e. The van der Waals surface area contributed by atoms with E-state index in [1.54, 1.807) is 0 Å². The van der Waals surface area contributed by atoms with E-state index in [0.717, 1.165) is 37.8 Å². The molecule has 3 nitrogen and oxygen atoms in total. The van der Waals surface area contributed by atoms with E-state index in [9.17, 15) is 4.79 Å². The van der Waals surface area contributed by atoms with Gasteiger partial charge in [-0.3, -0.25) is 9.69 Å². The van der Waals surface area contributed by atoms with Crippen molar-refractivity contribution in [2.45, 2.75) is 31.2 Å². The fraction of sp³-hybridized carbons (Fsp3) is 0.421. The number of benzene rings is 1. The lowest BCUT2D eigenvalue weighted by molar-refractivity contribution is -0.105. The smallest absolute Gasteiger partial charge is 0.148 e. The monoisotopic (exact) mass is 292 g/mol. The number of para-hydroxylation sites is 1. The predicted octanol–water partition coefficient (Wildman–Crippen LogP) is 2.86. The van der Waals surface area contributed by atoms with Crippen molar-refractivity contribution >= 4 is 12.0 Å². The molecule has 1 spiro atoms. The average Bonchev–Trinajstić information content (AvgIpc) is 3.11. The maximum absolute atomic E-state index is 11.9. The van der Waals surface area contributed by atoms with Crippen LogP contribution in [0.4, 0.5) is 5.69 Å². The number of piperidine rings is 1. The minimum Gasteiger partial charge on any atom is -0.358 e. The van der Waals surface area contributed by atoms with Crippen LogP contribution in [0, 0.1) is 5.92 Å². The van der Waals surface area contributed by atoms with Crippen LogP contribution < -0.4 is 5.32 Å². The van der Waals surface area contributed by atoms with Crippen LogP contribution in [0.2, 0.25) is 0 Å². The molecule has 0 unspecified atom stereocenters. The Morgan fingerprint density at radius 2 is 2.23 bits per heavy atom. The van der Waals surface area contributed by atoms with Crippen molar-refractivity contribution in [3.8, 4) is 0 Å². The molecule has 3 heteroatoms. The van der Waals surface area contributed by atoms with Crippen molar-refractivity contribution in [2.75, 3.05) is 18.4 Å². The summed E-state index contributed by atoms with van der Waals surface area (Å²) >= 11 is 0. The first kappa shape index (κ1) is 12.7. The standard InChI is InChI=1S/C19H20N2O/c1-2-12-10-21-8-7-19-15-5-3-4-6-16(15)20-18(19)14(11-22)13(12)9-17(19)21/h2-6,11,13,17,20H,7-10H2,1H3/b12-2+/t13-,17-,19+/m0/s1. The zero-order chi connectivity index (χ0) is 14.9. The molecule has 0 aromatic heterocycles. The van der Waals surface area contributed by atoms with Crippen LogP contribution in [-0.4, -0.2) is 30.3 Å². The van der Waals surface area contributed by atoms with Gasteiger partial charge in [-0.2, -0.15) is 0 Å². The summed E-state index contributed by atoms with van der Waals surface area (Å²) in [5.41, 5.74) is 6.25. The van der Waals surface area contributed by atoms with Crippen molar-refractivity contribution in [1.82, 2.24) is 4.90 Å². The van der Waals surface area contributed by atoms with E-state index in [2.05, 4.69) is 47.5 Å². The predicted molar refractivity (Wildman–Crippen MR) is 86.7 cm³/mol. The Labute approximate surface area is 130 Å². The van der Waals surface area contributed by atoms with Gasteiger partial charge in [0, 0.05) is 42.0 Å². The van der Waals surface area contributed by atoms with Gasteiger partial charge in [0.2, 0.25) is 0 Å². The summed E-state index contributed by atoms with van der Waals surface area (Å²) < 4.78 is 0. The molecule has 2 fully saturated rings. The topological polar surface area (TPSA) is 32.3 Å². The highest BCUT2D eigenvalue weighted by molar-refractivity contribution is 5.84. The van der Waals surface area contributed by atoms with E-state index in [4.69, 9.17) is 0 Å². The quantitative estimate of drug-likeness (QED) is 0.638. The molecule has 5 rings (SSSR count).